The number of carbonyl (C=O) groups excluding carboxylic acids is 2. The van der Waals surface area contributed by atoms with Gasteiger partial charge in [-0.1, -0.05) is 25.7 Å². The number of rotatable bonds is 9. The summed E-state index contributed by atoms with van der Waals surface area (Å²) in [6, 6.07) is 0.161. The third kappa shape index (κ3) is 6.12. The molecule has 1 saturated carbocycles. The van der Waals surface area contributed by atoms with Gasteiger partial charge < -0.3 is 15.0 Å². The van der Waals surface area contributed by atoms with Crippen LogP contribution < -0.4 is 10.2 Å². The number of halogens is 2. The highest BCUT2D eigenvalue weighted by Gasteiger charge is 2.32. The number of fused-ring (bicyclic) bond motifs is 1. The van der Waals surface area contributed by atoms with Crippen LogP contribution in [-0.2, 0) is 20.9 Å². The minimum Gasteiger partial charge on any atom is -0.378 e. The van der Waals surface area contributed by atoms with Gasteiger partial charge in [0.1, 0.15) is 5.69 Å². The Kier molecular flexibility index (Phi) is 8.51. The summed E-state index contributed by atoms with van der Waals surface area (Å²) in [6.45, 7) is 3.82. The fourth-order valence-corrected chi connectivity index (χ4v) is 5.40. The molecule has 2 N–H and O–H groups in total. The molecule has 2 saturated heterocycles. The zero-order valence-electron chi connectivity index (χ0n) is 19.2. The summed E-state index contributed by atoms with van der Waals surface area (Å²) >= 11 is 6.12. The van der Waals surface area contributed by atoms with E-state index in [0.717, 1.165) is 38.8 Å². The van der Waals surface area contributed by atoms with Crippen molar-refractivity contribution in [3.8, 4) is 0 Å². The van der Waals surface area contributed by atoms with E-state index in [1.165, 1.54) is 0 Å². The van der Waals surface area contributed by atoms with Crippen LogP contribution in [0.5, 0.6) is 0 Å². The number of nitrogens with one attached hydrogen (secondary N) is 1. The van der Waals surface area contributed by atoms with Crippen molar-refractivity contribution >= 4 is 29.7 Å². The van der Waals surface area contributed by atoms with Crippen LogP contribution in [0.25, 0.3) is 0 Å². The monoisotopic (exact) mass is 498 g/mol. The lowest BCUT2D eigenvalue weighted by molar-refractivity contribution is -0.155. The summed E-state index contributed by atoms with van der Waals surface area (Å²) in [5.74, 6) is -1.08. The van der Waals surface area contributed by atoms with Crippen molar-refractivity contribution in [2.45, 2.75) is 44.7 Å². The van der Waals surface area contributed by atoms with Crippen molar-refractivity contribution < 1.29 is 23.9 Å². The normalized spacial score (nSPS) is 22.3. The van der Waals surface area contributed by atoms with Crippen LogP contribution in [0.1, 0.15) is 37.8 Å². The number of aromatic nitrogens is 2. The fraction of sp³-hybridized carbons (Fsp3) is 0.727. The van der Waals surface area contributed by atoms with Gasteiger partial charge in [-0.3, -0.25) is 19.7 Å². The molecule has 2 aliphatic heterocycles. The number of carbonyl (C=O) groups is 2. The molecule has 4 rings (SSSR count). The van der Waals surface area contributed by atoms with E-state index in [9.17, 15) is 14.8 Å². The first-order valence-electron chi connectivity index (χ1n) is 11.9. The largest absolute Gasteiger partial charge is 0.378 e. The van der Waals surface area contributed by atoms with Gasteiger partial charge in [-0.25, -0.2) is 14.4 Å². The van der Waals surface area contributed by atoms with Gasteiger partial charge in [0, 0.05) is 26.2 Å². The summed E-state index contributed by atoms with van der Waals surface area (Å²) in [5.41, 5.74) is 0.00142. The van der Waals surface area contributed by atoms with E-state index < -0.39 is 11.7 Å². The zero-order chi connectivity index (χ0) is 24.1. The molecule has 1 aliphatic carbocycles. The molecule has 1 aromatic heterocycles. The second-order valence-electron chi connectivity index (χ2n) is 9.32. The molecule has 0 radical (unpaired) electrons. The molecule has 34 heavy (non-hydrogen) atoms. The highest BCUT2D eigenvalue weighted by molar-refractivity contribution is 6.28. The molecule has 2 atom stereocenters. The van der Waals surface area contributed by atoms with Gasteiger partial charge >= 0.3 is 0 Å². The second-order valence-corrected chi connectivity index (χ2v) is 9.65. The summed E-state index contributed by atoms with van der Waals surface area (Å²) < 4.78 is 20.9. The van der Waals surface area contributed by atoms with Gasteiger partial charge in [-0.2, -0.15) is 4.98 Å². The maximum atomic E-state index is 15.4. The molecule has 3 aliphatic rings. The van der Waals surface area contributed by atoms with E-state index in [2.05, 4.69) is 20.2 Å². The Balaban J connectivity index is 1.42. The smallest absolute Gasteiger partial charge is 0.233 e. The minimum absolute atomic E-state index is 0.00142. The molecule has 12 heteroatoms. The van der Waals surface area contributed by atoms with Crippen molar-refractivity contribution in [1.29, 1.82) is 0 Å². The Morgan fingerprint density at radius 1 is 1.32 bits per heavy atom. The molecule has 0 unspecified atom stereocenters. The Morgan fingerprint density at radius 3 is 2.88 bits per heavy atom. The number of hydrogen-bond donors (Lipinski definition) is 2. The van der Waals surface area contributed by atoms with E-state index >= 15 is 4.39 Å². The average molecular weight is 499 g/mol. The first kappa shape index (κ1) is 25.0. The van der Waals surface area contributed by atoms with Gasteiger partial charge in [0.25, 0.3) is 0 Å². The van der Waals surface area contributed by atoms with Crippen molar-refractivity contribution in [3.05, 3.63) is 16.8 Å². The van der Waals surface area contributed by atoms with Crippen LogP contribution in [0.2, 0.25) is 5.28 Å². The Bertz CT molecular complexity index is 874. The van der Waals surface area contributed by atoms with Crippen LogP contribution in [0, 0.1) is 17.7 Å². The number of amides is 2. The number of hydrogen-bond acceptors (Lipinski definition) is 8. The molecule has 0 aromatic carbocycles. The molecule has 1 aromatic rings. The van der Waals surface area contributed by atoms with Crippen molar-refractivity contribution in [1.82, 2.24) is 25.2 Å². The highest BCUT2D eigenvalue weighted by Crippen LogP contribution is 2.31. The van der Waals surface area contributed by atoms with Crippen molar-refractivity contribution in [3.63, 3.8) is 0 Å². The topological polar surface area (TPSA) is 111 Å². The molecular weight excluding hydrogens is 467 g/mol. The van der Waals surface area contributed by atoms with Crippen LogP contribution in [0.4, 0.5) is 10.2 Å². The lowest BCUT2D eigenvalue weighted by atomic mass is 9.92. The van der Waals surface area contributed by atoms with E-state index in [1.807, 2.05) is 4.90 Å². The maximum absolute atomic E-state index is 15.4. The highest BCUT2D eigenvalue weighted by atomic mass is 35.5. The van der Waals surface area contributed by atoms with Crippen molar-refractivity contribution in [2.24, 2.45) is 11.8 Å². The lowest BCUT2D eigenvalue weighted by Crippen LogP contribution is -2.58. The Morgan fingerprint density at radius 2 is 2.12 bits per heavy atom. The van der Waals surface area contributed by atoms with Gasteiger partial charge in [-0.05, 0) is 23.9 Å². The first-order valence-corrected chi connectivity index (χ1v) is 12.3. The Hall–Kier alpha value is -2.08. The maximum Gasteiger partial charge on any atom is 0.233 e. The van der Waals surface area contributed by atoms with E-state index in [0.29, 0.717) is 43.7 Å². The summed E-state index contributed by atoms with van der Waals surface area (Å²) in [7, 11) is 0. The van der Waals surface area contributed by atoms with Gasteiger partial charge in [0.05, 0.1) is 38.3 Å². The number of piperazine rings is 1. The molecule has 3 heterocycles. The third-order valence-electron chi connectivity index (χ3n) is 7.03. The SMILES string of the molecule is O=CN(O)C[C@@H](CC1CCCC1)C(=O)NCc1nc(Cl)nc(N2CCN3CCOC[C@H]3C2)c1F. The lowest BCUT2D eigenvalue weighted by Gasteiger charge is -2.44. The summed E-state index contributed by atoms with van der Waals surface area (Å²) in [6.07, 6.45) is 5.11. The van der Waals surface area contributed by atoms with Gasteiger partial charge in [0.15, 0.2) is 11.6 Å². The van der Waals surface area contributed by atoms with Crippen molar-refractivity contribution in [2.75, 3.05) is 50.8 Å². The fourth-order valence-electron chi connectivity index (χ4n) is 5.21. The van der Waals surface area contributed by atoms with Crippen LogP contribution >= 0.6 is 11.6 Å². The standard InChI is InChI=1S/C22H32ClFN6O4/c23-22-26-18(10-25-21(32)16(11-30(33)14-31)9-15-3-1-2-4-15)19(24)20(27-22)29-6-5-28-7-8-34-13-17(28)12-29/h14-17,33H,1-13H2,(H,25,32)/t16-,17-/m1/s1. The molecular formula is C22H32ClFN6O4. The molecule has 188 valence electrons. The van der Waals surface area contributed by atoms with Gasteiger partial charge in [-0.15, -0.1) is 0 Å². The Labute approximate surface area is 203 Å². The number of hydroxylamine groups is 2. The molecule has 10 nitrogen and oxygen atoms in total. The van der Waals surface area contributed by atoms with Crippen LogP contribution in [-0.4, -0.2) is 89.4 Å². The zero-order valence-corrected chi connectivity index (χ0v) is 19.9. The number of nitrogens with zero attached hydrogens (tertiary/aromatic N) is 5. The quantitative estimate of drug-likeness (QED) is 0.228. The van der Waals surface area contributed by atoms with E-state index in [-0.39, 0.29) is 48.2 Å². The number of morpholine rings is 1. The predicted molar refractivity (Wildman–Crippen MR) is 122 cm³/mol. The molecule has 3 fully saturated rings. The summed E-state index contributed by atoms with van der Waals surface area (Å²) in [5, 5.41) is 12.8. The average Bonchev–Trinajstić information content (AvgIpc) is 3.36. The molecule has 2 amide bonds. The number of ether oxygens (including phenoxy) is 1. The molecule has 0 spiro atoms. The predicted octanol–water partition coefficient (Wildman–Crippen LogP) is 1.45. The third-order valence-corrected chi connectivity index (χ3v) is 7.20. The van der Waals surface area contributed by atoms with E-state index in [4.69, 9.17) is 16.3 Å². The van der Waals surface area contributed by atoms with E-state index in [1.54, 1.807) is 0 Å². The van der Waals surface area contributed by atoms with Crippen LogP contribution in [0.15, 0.2) is 0 Å². The molecule has 0 bridgehead atoms. The van der Waals surface area contributed by atoms with Gasteiger partial charge in [0.2, 0.25) is 17.6 Å². The summed E-state index contributed by atoms with van der Waals surface area (Å²) in [4.78, 5) is 36.1. The number of anilines is 1. The first-order chi connectivity index (χ1) is 16.4. The second kappa shape index (κ2) is 11.6. The van der Waals surface area contributed by atoms with Crippen LogP contribution in [0.3, 0.4) is 0 Å². The minimum atomic E-state index is -0.612.